The number of nitrogens with zero attached hydrogens (tertiary/aromatic N) is 1. The van der Waals surface area contributed by atoms with E-state index in [4.69, 9.17) is 9.47 Å². The van der Waals surface area contributed by atoms with Gasteiger partial charge in [0.25, 0.3) is 17.6 Å². The normalized spacial score (nSPS) is 13.7. The van der Waals surface area contributed by atoms with E-state index in [2.05, 4.69) is 5.32 Å². The van der Waals surface area contributed by atoms with Crippen molar-refractivity contribution in [2.75, 3.05) is 23.9 Å². The van der Waals surface area contributed by atoms with E-state index < -0.39 is 36.2 Å². The van der Waals surface area contributed by atoms with Crippen LogP contribution in [0.25, 0.3) is 0 Å². The van der Waals surface area contributed by atoms with E-state index in [1.165, 1.54) is 20.1 Å². The molecule has 2 amide bonds. The SMILES string of the molecule is COc1ccccc1NC(=O)COC(=O)[C@@H](C)N1C(=O)C(=O)c2ccccc21. The molecule has 1 atom stereocenters. The molecule has 0 aliphatic carbocycles. The lowest BCUT2D eigenvalue weighted by atomic mass is 10.1. The van der Waals surface area contributed by atoms with Crippen molar-refractivity contribution in [1.29, 1.82) is 0 Å². The average molecular weight is 382 g/mol. The van der Waals surface area contributed by atoms with E-state index in [1.807, 2.05) is 0 Å². The van der Waals surface area contributed by atoms with Crippen LogP contribution in [0.15, 0.2) is 48.5 Å². The number of hydrogen-bond acceptors (Lipinski definition) is 6. The van der Waals surface area contributed by atoms with Gasteiger partial charge in [-0.15, -0.1) is 0 Å². The fourth-order valence-corrected chi connectivity index (χ4v) is 2.89. The first kappa shape index (κ1) is 19.1. The van der Waals surface area contributed by atoms with Crippen LogP contribution in [0.1, 0.15) is 17.3 Å². The summed E-state index contributed by atoms with van der Waals surface area (Å²) >= 11 is 0. The van der Waals surface area contributed by atoms with Gasteiger partial charge in [0.1, 0.15) is 11.8 Å². The number of benzene rings is 2. The molecule has 0 aromatic heterocycles. The Labute approximate surface area is 161 Å². The van der Waals surface area contributed by atoms with Gasteiger partial charge in [0.05, 0.1) is 24.0 Å². The smallest absolute Gasteiger partial charge is 0.329 e. The highest BCUT2D eigenvalue weighted by Crippen LogP contribution is 2.30. The molecule has 1 aliphatic heterocycles. The van der Waals surface area contributed by atoms with Gasteiger partial charge in [0.15, 0.2) is 6.61 Å². The first-order valence-corrected chi connectivity index (χ1v) is 8.50. The number of fused-ring (bicyclic) bond motifs is 1. The summed E-state index contributed by atoms with van der Waals surface area (Å²) in [4.78, 5) is 49.8. The largest absolute Gasteiger partial charge is 0.495 e. The van der Waals surface area contributed by atoms with Gasteiger partial charge < -0.3 is 14.8 Å². The minimum atomic E-state index is -1.06. The van der Waals surface area contributed by atoms with Gasteiger partial charge in [0, 0.05) is 0 Å². The molecule has 1 heterocycles. The number of carbonyl (C=O) groups is 4. The van der Waals surface area contributed by atoms with Crippen molar-refractivity contribution in [3.8, 4) is 5.75 Å². The van der Waals surface area contributed by atoms with Crippen LogP contribution in [-0.2, 0) is 19.1 Å². The number of para-hydroxylation sites is 3. The topological polar surface area (TPSA) is 102 Å². The Morgan fingerprint density at radius 2 is 1.75 bits per heavy atom. The van der Waals surface area contributed by atoms with E-state index in [-0.39, 0.29) is 5.56 Å². The molecule has 0 saturated heterocycles. The molecule has 8 heteroatoms. The summed E-state index contributed by atoms with van der Waals surface area (Å²) in [5.41, 5.74) is 1.02. The molecule has 2 aromatic rings. The van der Waals surface area contributed by atoms with Crippen LogP contribution in [0, 0.1) is 0 Å². The number of hydrogen-bond donors (Lipinski definition) is 1. The summed E-state index contributed by atoms with van der Waals surface area (Å²) in [5.74, 6) is -2.37. The minimum absolute atomic E-state index is 0.237. The summed E-state index contributed by atoms with van der Waals surface area (Å²) in [6.45, 7) is 0.895. The monoisotopic (exact) mass is 382 g/mol. The van der Waals surface area contributed by atoms with Crippen molar-refractivity contribution < 1.29 is 28.7 Å². The first-order chi connectivity index (χ1) is 13.4. The third kappa shape index (κ3) is 3.57. The number of rotatable bonds is 6. The molecule has 3 rings (SSSR count). The Hall–Kier alpha value is -3.68. The molecule has 144 valence electrons. The molecular weight excluding hydrogens is 364 g/mol. The summed E-state index contributed by atoms with van der Waals surface area (Å²) in [6, 6.07) is 12.1. The van der Waals surface area contributed by atoms with E-state index in [0.29, 0.717) is 17.1 Å². The number of ether oxygens (including phenoxy) is 2. The van der Waals surface area contributed by atoms with Crippen LogP contribution >= 0.6 is 0 Å². The van der Waals surface area contributed by atoms with Crippen molar-refractivity contribution in [3.63, 3.8) is 0 Å². The van der Waals surface area contributed by atoms with E-state index in [9.17, 15) is 19.2 Å². The molecule has 0 radical (unpaired) electrons. The maximum atomic E-state index is 12.3. The second-order valence-electron chi connectivity index (χ2n) is 6.05. The summed E-state index contributed by atoms with van der Waals surface area (Å²) in [7, 11) is 1.47. The van der Waals surface area contributed by atoms with E-state index in [1.54, 1.807) is 42.5 Å². The van der Waals surface area contributed by atoms with Gasteiger partial charge in [-0.1, -0.05) is 24.3 Å². The summed E-state index contributed by atoms with van der Waals surface area (Å²) < 4.78 is 10.2. The number of nitrogens with one attached hydrogen (secondary N) is 1. The predicted octanol–water partition coefficient (Wildman–Crippen LogP) is 1.79. The van der Waals surface area contributed by atoms with Crippen LogP contribution in [-0.4, -0.2) is 43.3 Å². The molecule has 0 saturated carbocycles. The Balaban J connectivity index is 1.63. The van der Waals surface area contributed by atoms with E-state index in [0.717, 1.165) is 4.90 Å². The van der Waals surface area contributed by atoms with Crippen LogP contribution < -0.4 is 15.0 Å². The molecule has 1 aliphatic rings. The number of amides is 2. The van der Waals surface area contributed by atoms with Gasteiger partial charge in [-0.3, -0.25) is 19.3 Å². The van der Waals surface area contributed by atoms with Crippen LogP contribution in [0.4, 0.5) is 11.4 Å². The second kappa shape index (κ2) is 7.91. The third-order valence-corrected chi connectivity index (χ3v) is 4.28. The molecule has 28 heavy (non-hydrogen) atoms. The molecule has 1 N–H and O–H groups in total. The standard InChI is InChI=1S/C20H18N2O6/c1-12(22-15-9-5-3-7-13(15)18(24)19(22)25)20(26)28-11-17(23)21-14-8-4-6-10-16(14)27-2/h3-10,12H,11H2,1-2H3,(H,21,23)/t12-/m1/s1. The van der Waals surface area contributed by atoms with Gasteiger partial charge in [-0.25, -0.2) is 4.79 Å². The van der Waals surface area contributed by atoms with Crippen molar-refractivity contribution in [2.45, 2.75) is 13.0 Å². The van der Waals surface area contributed by atoms with Gasteiger partial charge in [-0.2, -0.15) is 0 Å². The Morgan fingerprint density at radius 3 is 2.50 bits per heavy atom. The number of ketones is 1. The lowest BCUT2D eigenvalue weighted by Gasteiger charge is -2.22. The molecule has 0 spiro atoms. The minimum Gasteiger partial charge on any atom is -0.495 e. The van der Waals surface area contributed by atoms with E-state index >= 15 is 0 Å². The van der Waals surface area contributed by atoms with Crippen LogP contribution in [0.3, 0.4) is 0 Å². The highest BCUT2D eigenvalue weighted by Gasteiger charge is 2.41. The summed E-state index contributed by atoms with van der Waals surface area (Å²) in [5, 5.41) is 2.58. The third-order valence-electron chi connectivity index (χ3n) is 4.28. The number of esters is 1. The van der Waals surface area contributed by atoms with Crippen molar-refractivity contribution in [2.24, 2.45) is 0 Å². The lowest BCUT2D eigenvalue weighted by molar-refractivity contribution is -0.148. The van der Waals surface area contributed by atoms with Gasteiger partial charge >= 0.3 is 5.97 Å². The number of Topliss-reactive ketones (excluding diaryl/α,β-unsaturated/α-hetero) is 1. The van der Waals surface area contributed by atoms with Crippen LogP contribution in [0.5, 0.6) is 5.75 Å². The molecule has 0 unspecified atom stereocenters. The summed E-state index contributed by atoms with van der Waals surface area (Å²) in [6.07, 6.45) is 0. The highest BCUT2D eigenvalue weighted by atomic mass is 16.5. The van der Waals surface area contributed by atoms with Crippen molar-refractivity contribution in [1.82, 2.24) is 0 Å². The number of methoxy groups -OCH3 is 1. The first-order valence-electron chi connectivity index (χ1n) is 8.50. The highest BCUT2D eigenvalue weighted by molar-refractivity contribution is 6.52. The second-order valence-corrected chi connectivity index (χ2v) is 6.05. The zero-order valence-corrected chi connectivity index (χ0v) is 15.3. The molecule has 2 aromatic carbocycles. The van der Waals surface area contributed by atoms with Crippen molar-refractivity contribution in [3.05, 3.63) is 54.1 Å². The average Bonchev–Trinajstić information content (AvgIpc) is 2.96. The quantitative estimate of drug-likeness (QED) is 0.604. The maximum Gasteiger partial charge on any atom is 0.329 e. The molecule has 0 fully saturated rings. The Kier molecular flexibility index (Phi) is 5.39. The Bertz CT molecular complexity index is 955. The number of carbonyl (C=O) groups excluding carboxylic acids is 4. The molecule has 0 bridgehead atoms. The van der Waals surface area contributed by atoms with Gasteiger partial charge in [-0.05, 0) is 31.2 Å². The van der Waals surface area contributed by atoms with Crippen molar-refractivity contribution >= 4 is 34.9 Å². The molecular formula is C20H18N2O6. The molecule has 8 nitrogen and oxygen atoms in total. The maximum absolute atomic E-state index is 12.3. The zero-order valence-electron chi connectivity index (χ0n) is 15.3. The van der Waals surface area contributed by atoms with Gasteiger partial charge in [0.2, 0.25) is 0 Å². The predicted molar refractivity (Wildman–Crippen MR) is 100 cm³/mol. The Morgan fingerprint density at radius 1 is 1.07 bits per heavy atom. The fourth-order valence-electron chi connectivity index (χ4n) is 2.89. The lowest BCUT2D eigenvalue weighted by Crippen LogP contribution is -2.44. The zero-order chi connectivity index (χ0) is 20.3. The van der Waals surface area contributed by atoms with Crippen LogP contribution in [0.2, 0.25) is 0 Å². The fraction of sp³-hybridized carbons (Fsp3) is 0.200. The number of anilines is 2.